The van der Waals surface area contributed by atoms with Crippen molar-refractivity contribution < 1.29 is 14.3 Å². The third-order valence-electron chi connectivity index (χ3n) is 5.78. The molecule has 1 unspecified atom stereocenters. The fourth-order valence-corrected chi connectivity index (χ4v) is 5.94. The molecule has 0 aliphatic carbocycles. The Bertz CT molecular complexity index is 1500. The molecule has 0 N–H and O–H groups in total. The van der Waals surface area contributed by atoms with Crippen LogP contribution in [0.3, 0.4) is 0 Å². The zero-order valence-electron chi connectivity index (χ0n) is 20.9. The molecule has 1 atom stereocenters. The number of carbonyl (C=O) groups excluding carboxylic acids is 1. The summed E-state index contributed by atoms with van der Waals surface area (Å²) in [7, 11) is 3.95. The zero-order chi connectivity index (χ0) is 26.0. The molecule has 0 fully saturated rings. The number of rotatable bonds is 7. The van der Waals surface area contributed by atoms with Gasteiger partial charge in [0.1, 0.15) is 5.75 Å². The summed E-state index contributed by atoms with van der Waals surface area (Å²) in [5, 5.41) is 0. The van der Waals surface area contributed by atoms with Crippen LogP contribution in [-0.4, -0.2) is 37.8 Å². The van der Waals surface area contributed by atoms with E-state index < -0.39 is 12.0 Å². The average Bonchev–Trinajstić information content (AvgIpc) is 3.13. The van der Waals surface area contributed by atoms with Crippen LogP contribution in [0.2, 0.25) is 0 Å². The van der Waals surface area contributed by atoms with Gasteiger partial charge >= 0.3 is 5.97 Å². The topological polar surface area (TPSA) is 73.1 Å². The Morgan fingerprint density at radius 3 is 2.50 bits per heavy atom. The van der Waals surface area contributed by atoms with Gasteiger partial charge in [0.25, 0.3) is 5.56 Å². The van der Waals surface area contributed by atoms with Crippen molar-refractivity contribution in [3.05, 3.63) is 89.0 Å². The molecule has 0 amide bonds. The number of aromatic nitrogens is 1. The average molecular weight is 571 g/mol. The van der Waals surface area contributed by atoms with E-state index in [0.29, 0.717) is 27.2 Å². The molecule has 1 aromatic heterocycles. The maximum Gasteiger partial charge on any atom is 0.338 e. The lowest BCUT2D eigenvalue weighted by Crippen LogP contribution is -2.39. The standard InChI is InChI=1S/C27H28BrN3O4S/c1-6-34-19-11-9-18(10-12-19)24-23(26(33)35-7-2)16(3)29-27-31(24)25(32)22(36-27)15-17-8-13-21(30(4)5)20(28)14-17/h8-15,24H,6-7H2,1-5H3/b22-15-. The predicted octanol–water partition coefficient (Wildman–Crippen LogP) is 4.03. The molecule has 2 heterocycles. The quantitative estimate of drug-likeness (QED) is 0.402. The molecule has 188 valence electrons. The van der Waals surface area contributed by atoms with Crippen LogP contribution in [0.15, 0.2) is 68.0 Å². The second-order valence-electron chi connectivity index (χ2n) is 8.41. The van der Waals surface area contributed by atoms with Crippen LogP contribution in [0.25, 0.3) is 6.08 Å². The van der Waals surface area contributed by atoms with Gasteiger partial charge < -0.3 is 14.4 Å². The van der Waals surface area contributed by atoms with Crippen LogP contribution in [0, 0.1) is 0 Å². The Labute approximate surface area is 222 Å². The van der Waals surface area contributed by atoms with Crippen LogP contribution in [-0.2, 0) is 9.53 Å². The highest BCUT2D eigenvalue weighted by Gasteiger charge is 2.33. The molecule has 0 spiro atoms. The van der Waals surface area contributed by atoms with Gasteiger partial charge in [-0.2, -0.15) is 0 Å². The number of esters is 1. The number of hydrogen-bond donors (Lipinski definition) is 0. The summed E-state index contributed by atoms with van der Waals surface area (Å²) in [4.78, 5) is 33.9. The number of halogens is 1. The first-order valence-corrected chi connectivity index (χ1v) is 13.2. The third kappa shape index (κ3) is 5.03. The molecule has 2 aromatic carbocycles. The lowest BCUT2D eigenvalue weighted by atomic mass is 9.96. The van der Waals surface area contributed by atoms with E-state index in [9.17, 15) is 9.59 Å². The van der Waals surface area contributed by atoms with Crippen molar-refractivity contribution in [2.45, 2.75) is 26.8 Å². The first-order valence-electron chi connectivity index (χ1n) is 11.6. The summed E-state index contributed by atoms with van der Waals surface area (Å²) in [6, 6.07) is 12.7. The van der Waals surface area contributed by atoms with Crippen LogP contribution < -0.4 is 24.5 Å². The number of nitrogens with zero attached hydrogens (tertiary/aromatic N) is 3. The van der Waals surface area contributed by atoms with E-state index in [2.05, 4.69) is 20.9 Å². The first kappa shape index (κ1) is 25.9. The molecule has 9 heteroatoms. The van der Waals surface area contributed by atoms with Gasteiger partial charge in [-0.3, -0.25) is 9.36 Å². The zero-order valence-corrected chi connectivity index (χ0v) is 23.3. The Morgan fingerprint density at radius 1 is 1.17 bits per heavy atom. The van der Waals surface area contributed by atoms with Crippen LogP contribution >= 0.6 is 27.3 Å². The van der Waals surface area contributed by atoms with E-state index in [1.165, 1.54) is 11.3 Å². The molecular weight excluding hydrogens is 542 g/mol. The van der Waals surface area contributed by atoms with Gasteiger partial charge in [0.15, 0.2) is 4.80 Å². The summed E-state index contributed by atoms with van der Waals surface area (Å²) in [5.74, 6) is 0.244. The van der Waals surface area contributed by atoms with Gasteiger partial charge in [-0.05, 0) is 78.2 Å². The summed E-state index contributed by atoms with van der Waals surface area (Å²) in [6.07, 6.45) is 1.85. The molecule has 0 bridgehead atoms. The molecule has 1 aliphatic rings. The highest BCUT2D eigenvalue weighted by molar-refractivity contribution is 9.10. The minimum absolute atomic E-state index is 0.209. The monoisotopic (exact) mass is 569 g/mol. The lowest BCUT2D eigenvalue weighted by Gasteiger charge is -2.24. The summed E-state index contributed by atoms with van der Waals surface area (Å²) < 4.78 is 14.0. The number of thiazole rings is 1. The Morgan fingerprint density at radius 2 is 1.89 bits per heavy atom. The van der Waals surface area contributed by atoms with E-state index in [-0.39, 0.29) is 12.2 Å². The SMILES string of the molecule is CCOC(=O)C1=C(C)N=c2s/c(=C\c3ccc(N(C)C)c(Br)c3)c(=O)n2C1c1ccc(OCC)cc1. The van der Waals surface area contributed by atoms with Crippen molar-refractivity contribution in [3.8, 4) is 5.75 Å². The summed E-state index contributed by atoms with van der Waals surface area (Å²) in [6.45, 7) is 6.24. The highest BCUT2D eigenvalue weighted by atomic mass is 79.9. The minimum Gasteiger partial charge on any atom is -0.494 e. The van der Waals surface area contributed by atoms with E-state index in [1.54, 1.807) is 18.4 Å². The van der Waals surface area contributed by atoms with Crippen molar-refractivity contribution in [2.24, 2.45) is 4.99 Å². The van der Waals surface area contributed by atoms with E-state index in [4.69, 9.17) is 9.47 Å². The van der Waals surface area contributed by atoms with Crippen molar-refractivity contribution in [1.29, 1.82) is 0 Å². The minimum atomic E-state index is -0.652. The fourth-order valence-electron chi connectivity index (χ4n) is 4.15. The lowest BCUT2D eigenvalue weighted by molar-refractivity contribution is -0.139. The van der Waals surface area contributed by atoms with E-state index >= 15 is 0 Å². The molecule has 3 aromatic rings. The van der Waals surface area contributed by atoms with Gasteiger partial charge in [0.05, 0.1) is 40.7 Å². The van der Waals surface area contributed by atoms with Crippen LogP contribution in [0.1, 0.15) is 37.9 Å². The van der Waals surface area contributed by atoms with Gasteiger partial charge in [-0.1, -0.05) is 29.5 Å². The molecule has 0 radical (unpaired) electrons. The fraction of sp³-hybridized carbons (Fsp3) is 0.296. The van der Waals surface area contributed by atoms with E-state index in [1.807, 2.05) is 74.5 Å². The predicted molar refractivity (Wildman–Crippen MR) is 146 cm³/mol. The third-order valence-corrected chi connectivity index (χ3v) is 7.39. The molecule has 0 saturated carbocycles. The molecule has 7 nitrogen and oxygen atoms in total. The van der Waals surface area contributed by atoms with Crippen LogP contribution in [0.5, 0.6) is 5.75 Å². The normalized spacial score (nSPS) is 15.4. The molecule has 0 saturated heterocycles. The smallest absolute Gasteiger partial charge is 0.338 e. The number of carbonyl (C=O) groups is 1. The first-order chi connectivity index (χ1) is 17.2. The molecular formula is C27H28BrN3O4S. The number of anilines is 1. The molecule has 4 rings (SSSR count). The van der Waals surface area contributed by atoms with Crippen molar-refractivity contribution in [1.82, 2.24) is 4.57 Å². The number of hydrogen-bond acceptors (Lipinski definition) is 7. The largest absolute Gasteiger partial charge is 0.494 e. The van der Waals surface area contributed by atoms with Gasteiger partial charge in [-0.15, -0.1) is 0 Å². The Balaban J connectivity index is 1.89. The van der Waals surface area contributed by atoms with Gasteiger partial charge in [0.2, 0.25) is 0 Å². The van der Waals surface area contributed by atoms with Crippen molar-refractivity contribution in [2.75, 3.05) is 32.2 Å². The number of ether oxygens (including phenoxy) is 2. The second kappa shape index (κ2) is 10.8. The molecule has 36 heavy (non-hydrogen) atoms. The van der Waals surface area contributed by atoms with E-state index in [0.717, 1.165) is 27.0 Å². The van der Waals surface area contributed by atoms with Crippen LogP contribution in [0.4, 0.5) is 5.69 Å². The molecule has 1 aliphatic heterocycles. The van der Waals surface area contributed by atoms with Crippen molar-refractivity contribution in [3.63, 3.8) is 0 Å². The Hall–Kier alpha value is -3.17. The van der Waals surface area contributed by atoms with Crippen molar-refractivity contribution >= 4 is 45.0 Å². The number of allylic oxidation sites excluding steroid dienone is 1. The van der Waals surface area contributed by atoms with Gasteiger partial charge in [0, 0.05) is 18.6 Å². The number of benzene rings is 2. The summed E-state index contributed by atoms with van der Waals surface area (Å²) in [5.41, 5.74) is 3.40. The number of fused-ring (bicyclic) bond motifs is 1. The van der Waals surface area contributed by atoms with Gasteiger partial charge in [-0.25, -0.2) is 9.79 Å². The summed E-state index contributed by atoms with van der Waals surface area (Å²) >= 11 is 4.92. The highest BCUT2D eigenvalue weighted by Crippen LogP contribution is 2.32. The maximum atomic E-state index is 13.7. The Kier molecular flexibility index (Phi) is 7.80. The maximum absolute atomic E-state index is 13.7. The second-order valence-corrected chi connectivity index (χ2v) is 10.3.